The van der Waals surface area contributed by atoms with Crippen molar-refractivity contribution in [3.8, 4) is 0 Å². The van der Waals surface area contributed by atoms with Gasteiger partial charge in [0.05, 0.1) is 0 Å². The van der Waals surface area contributed by atoms with E-state index in [0.29, 0.717) is 12.8 Å². The molecule has 0 bridgehead atoms. The Bertz CT molecular complexity index is 242. The zero-order chi connectivity index (χ0) is 11.3. The lowest BCUT2D eigenvalue weighted by atomic mass is 9.84. The normalized spacial score (nSPS) is 21.1. The van der Waals surface area contributed by atoms with E-state index in [9.17, 15) is 14.7 Å². The zero-order valence-electron chi connectivity index (χ0n) is 9.21. The van der Waals surface area contributed by atoms with Crippen LogP contribution < -0.4 is 5.32 Å². The van der Waals surface area contributed by atoms with Gasteiger partial charge in [-0.05, 0) is 12.8 Å². The van der Waals surface area contributed by atoms with E-state index in [2.05, 4.69) is 5.32 Å². The van der Waals surface area contributed by atoms with Gasteiger partial charge in [-0.2, -0.15) is 0 Å². The Morgan fingerprint density at radius 2 is 1.53 bits per heavy atom. The fourth-order valence-corrected chi connectivity index (χ4v) is 2.24. The van der Waals surface area contributed by atoms with Crippen molar-refractivity contribution in [1.29, 1.82) is 0 Å². The Hall–Kier alpha value is -1.06. The lowest BCUT2D eigenvalue weighted by Gasteiger charge is -2.31. The Morgan fingerprint density at radius 3 is 1.93 bits per heavy atom. The average molecular weight is 213 g/mol. The number of carbonyl (C=O) groups excluding carboxylic acids is 1. The molecule has 1 saturated carbocycles. The van der Waals surface area contributed by atoms with Crippen molar-refractivity contribution in [1.82, 2.24) is 5.32 Å². The number of carbonyl (C=O) groups is 2. The maximum absolute atomic E-state index is 11.3. The lowest BCUT2D eigenvalue weighted by Crippen LogP contribution is -2.54. The molecule has 0 aromatic rings. The highest BCUT2D eigenvalue weighted by Crippen LogP contribution is 2.26. The minimum Gasteiger partial charge on any atom is -0.480 e. The molecule has 0 aromatic carbocycles. The van der Waals surface area contributed by atoms with Crippen LogP contribution in [0.5, 0.6) is 0 Å². The topological polar surface area (TPSA) is 66.4 Å². The second-order valence-electron chi connectivity index (χ2n) is 4.34. The van der Waals surface area contributed by atoms with Crippen LogP contribution in [0.4, 0.5) is 0 Å². The number of rotatable bonds is 2. The van der Waals surface area contributed by atoms with E-state index >= 15 is 0 Å². The third-order valence-corrected chi connectivity index (χ3v) is 3.03. The molecule has 1 fully saturated rings. The van der Waals surface area contributed by atoms with Gasteiger partial charge in [-0.3, -0.25) is 4.79 Å². The van der Waals surface area contributed by atoms with Crippen LogP contribution in [0.2, 0.25) is 0 Å². The van der Waals surface area contributed by atoms with Gasteiger partial charge in [0.25, 0.3) is 0 Å². The zero-order valence-corrected chi connectivity index (χ0v) is 9.21. The molecule has 4 nitrogen and oxygen atoms in total. The molecule has 15 heavy (non-hydrogen) atoms. The molecule has 0 atom stereocenters. The van der Waals surface area contributed by atoms with Crippen molar-refractivity contribution < 1.29 is 14.7 Å². The largest absolute Gasteiger partial charge is 0.480 e. The summed E-state index contributed by atoms with van der Waals surface area (Å²) in [7, 11) is 0. The molecule has 0 saturated heterocycles. The number of hydrogen-bond acceptors (Lipinski definition) is 2. The molecule has 0 aliphatic heterocycles. The fourth-order valence-electron chi connectivity index (χ4n) is 2.24. The summed E-state index contributed by atoms with van der Waals surface area (Å²) in [6, 6.07) is 0. The number of hydrogen-bond donors (Lipinski definition) is 2. The van der Waals surface area contributed by atoms with E-state index in [1.165, 1.54) is 13.3 Å². The quantitative estimate of drug-likeness (QED) is 0.733. The molecule has 86 valence electrons. The van der Waals surface area contributed by atoms with E-state index in [1.54, 1.807) is 0 Å². The number of carboxylic acids is 1. The number of amides is 1. The van der Waals surface area contributed by atoms with Crippen molar-refractivity contribution in [2.45, 2.75) is 57.4 Å². The highest BCUT2D eigenvalue weighted by molar-refractivity contribution is 5.85. The molecule has 2 N–H and O–H groups in total. The molecule has 4 heteroatoms. The Balaban J connectivity index is 2.75. The van der Waals surface area contributed by atoms with Gasteiger partial charge in [-0.1, -0.05) is 32.1 Å². The van der Waals surface area contributed by atoms with Crippen LogP contribution in [0.3, 0.4) is 0 Å². The van der Waals surface area contributed by atoms with E-state index in [0.717, 1.165) is 25.7 Å². The minimum atomic E-state index is -1.01. The predicted octanol–water partition coefficient (Wildman–Crippen LogP) is 1.69. The Labute approximate surface area is 90.0 Å². The fraction of sp³-hybridized carbons (Fsp3) is 0.818. The maximum atomic E-state index is 11.3. The summed E-state index contributed by atoms with van der Waals surface area (Å²) in [6.45, 7) is 1.38. The van der Waals surface area contributed by atoms with Gasteiger partial charge in [0.1, 0.15) is 5.54 Å². The van der Waals surface area contributed by atoms with Crippen molar-refractivity contribution in [3.63, 3.8) is 0 Å². The summed E-state index contributed by atoms with van der Waals surface area (Å²) in [4.78, 5) is 22.3. The van der Waals surface area contributed by atoms with Crippen LogP contribution in [0.15, 0.2) is 0 Å². The van der Waals surface area contributed by atoms with Crippen LogP contribution in [0, 0.1) is 0 Å². The number of aliphatic carboxylic acids is 1. The summed E-state index contributed by atoms with van der Waals surface area (Å²) in [5.74, 6) is -1.14. The van der Waals surface area contributed by atoms with Gasteiger partial charge in [0.2, 0.25) is 5.91 Å². The van der Waals surface area contributed by atoms with E-state index in [1.807, 2.05) is 0 Å². The van der Waals surface area contributed by atoms with E-state index < -0.39 is 11.5 Å². The van der Waals surface area contributed by atoms with Crippen molar-refractivity contribution in [2.75, 3.05) is 0 Å². The van der Waals surface area contributed by atoms with Gasteiger partial charge in [0, 0.05) is 6.92 Å². The van der Waals surface area contributed by atoms with Crippen molar-refractivity contribution in [3.05, 3.63) is 0 Å². The van der Waals surface area contributed by atoms with Crippen LogP contribution in [-0.4, -0.2) is 22.5 Å². The SMILES string of the molecule is CC(=O)NC1(C(=O)O)CCCCCCC1. The molecule has 1 rings (SSSR count). The molecule has 0 spiro atoms. The molecule has 0 unspecified atom stereocenters. The van der Waals surface area contributed by atoms with Crippen LogP contribution in [-0.2, 0) is 9.59 Å². The molecular formula is C11H19NO3. The highest BCUT2D eigenvalue weighted by atomic mass is 16.4. The third kappa shape index (κ3) is 3.22. The first-order valence-electron chi connectivity index (χ1n) is 5.59. The molecule has 1 aliphatic rings. The van der Waals surface area contributed by atoms with Crippen LogP contribution in [0.1, 0.15) is 51.9 Å². The van der Waals surface area contributed by atoms with E-state index in [4.69, 9.17) is 0 Å². The second kappa shape index (κ2) is 5.14. The first-order valence-corrected chi connectivity index (χ1v) is 5.59. The predicted molar refractivity (Wildman–Crippen MR) is 56.5 cm³/mol. The first kappa shape index (κ1) is 12.0. The van der Waals surface area contributed by atoms with Gasteiger partial charge in [-0.25, -0.2) is 4.79 Å². The lowest BCUT2D eigenvalue weighted by molar-refractivity contribution is -0.148. The van der Waals surface area contributed by atoms with Crippen molar-refractivity contribution in [2.24, 2.45) is 0 Å². The van der Waals surface area contributed by atoms with Gasteiger partial charge in [0.15, 0.2) is 0 Å². The third-order valence-electron chi connectivity index (χ3n) is 3.03. The summed E-state index contributed by atoms with van der Waals surface area (Å²) in [6.07, 6.45) is 6.18. The molecule has 0 radical (unpaired) electrons. The summed E-state index contributed by atoms with van der Waals surface area (Å²) >= 11 is 0. The van der Waals surface area contributed by atoms with Gasteiger partial charge < -0.3 is 10.4 Å². The molecular weight excluding hydrogens is 194 g/mol. The molecule has 0 heterocycles. The molecule has 1 aliphatic carbocycles. The number of carboxylic acid groups (broad SMARTS) is 1. The number of nitrogens with one attached hydrogen (secondary N) is 1. The minimum absolute atomic E-state index is 0.252. The molecule has 1 amide bonds. The monoisotopic (exact) mass is 213 g/mol. The standard InChI is InChI=1S/C11H19NO3/c1-9(13)12-11(10(14)15)7-5-3-2-4-6-8-11/h2-8H2,1H3,(H,12,13)(H,14,15). The van der Waals surface area contributed by atoms with E-state index in [-0.39, 0.29) is 5.91 Å². The Kier molecular flexibility index (Phi) is 4.12. The summed E-state index contributed by atoms with van der Waals surface area (Å²) in [5, 5.41) is 11.9. The van der Waals surface area contributed by atoms with Gasteiger partial charge >= 0.3 is 5.97 Å². The first-order chi connectivity index (χ1) is 7.07. The second-order valence-corrected chi connectivity index (χ2v) is 4.34. The van der Waals surface area contributed by atoms with Crippen LogP contribution in [0.25, 0.3) is 0 Å². The van der Waals surface area contributed by atoms with Crippen molar-refractivity contribution >= 4 is 11.9 Å². The van der Waals surface area contributed by atoms with Crippen LogP contribution >= 0.6 is 0 Å². The smallest absolute Gasteiger partial charge is 0.329 e. The summed E-state index contributed by atoms with van der Waals surface area (Å²) in [5.41, 5.74) is -1.01. The maximum Gasteiger partial charge on any atom is 0.329 e. The van der Waals surface area contributed by atoms with Gasteiger partial charge in [-0.15, -0.1) is 0 Å². The average Bonchev–Trinajstić information content (AvgIpc) is 2.08. The Morgan fingerprint density at radius 1 is 1.07 bits per heavy atom. The highest BCUT2D eigenvalue weighted by Gasteiger charge is 2.38. The summed E-state index contributed by atoms with van der Waals surface area (Å²) < 4.78 is 0. The molecule has 0 aromatic heterocycles.